The smallest absolute Gasteiger partial charge is 0.0659 e. The molecule has 0 spiro atoms. The molecule has 0 saturated carbocycles. The number of aryl methyl sites for hydroxylation is 1. The average molecular weight is 193 g/mol. The van der Waals surface area contributed by atoms with E-state index in [0.29, 0.717) is 0 Å². The van der Waals surface area contributed by atoms with E-state index < -0.39 is 0 Å². The van der Waals surface area contributed by atoms with Gasteiger partial charge in [-0.2, -0.15) is 5.10 Å². The van der Waals surface area contributed by atoms with Gasteiger partial charge in [0.1, 0.15) is 0 Å². The minimum absolute atomic E-state index is 0.794. The van der Waals surface area contributed by atoms with Gasteiger partial charge in [0.25, 0.3) is 0 Å². The number of rotatable bonds is 2. The molecule has 0 bridgehead atoms. The van der Waals surface area contributed by atoms with E-state index in [-0.39, 0.29) is 0 Å². The molecule has 0 aliphatic carbocycles. The predicted octanol–water partition coefficient (Wildman–Crippen LogP) is 1.19. The summed E-state index contributed by atoms with van der Waals surface area (Å²) in [5, 5.41) is 7.96. The number of nitrogens with one attached hydrogen (secondary N) is 1. The molecule has 1 aliphatic rings. The average Bonchev–Trinajstić information content (AvgIpc) is 2.73. The van der Waals surface area contributed by atoms with Crippen molar-refractivity contribution in [2.45, 2.75) is 26.7 Å². The van der Waals surface area contributed by atoms with Crippen molar-refractivity contribution < 1.29 is 0 Å². The molecular formula is C11H19N3. The Labute approximate surface area is 85.5 Å². The minimum Gasteiger partial charge on any atom is -0.316 e. The summed E-state index contributed by atoms with van der Waals surface area (Å²) in [6.45, 7) is 6.66. The Morgan fingerprint density at radius 3 is 2.79 bits per heavy atom. The summed E-state index contributed by atoms with van der Waals surface area (Å²) in [5.74, 6) is 0.794. The Morgan fingerprint density at radius 2 is 2.29 bits per heavy atom. The number of nitrogens with zero attached hydrogens (tertiary/aromatic N) is 2. The van der Waals surface area contributed by atoms with Crippen molar-refractivity contribution in [3.05, 3.63) is 17.0 Å². The zero-order valence-corrected chi connectivity index (χ0v) is 9.30. The van der Waals surface area contributed by atoms with Crippen LogP contribution in [-0.2, 0) is 13.5 Å². The molecule has 1 unspecified atom stereocenters. The van der Waals surface area contributed by atoms with Gasteiger partial charge < -0.3 is 5.32 Å². The number of hydrogen-bond donors (Lipinski definition) is 1. The van der Waals surface area contributed by atoms with Gasteiger partial charge in [-0.15, -0.1) is 0 Å². The molecule has 2 heterocycles. The van der Waals surface area contributed by atoms with Crippen LogP contribution in [0.15, 0.2) is 0 Å². The quantitative estimate of drug-likeness (QED) is 0.764. The highest BCUT2D eigenvalue weighted by Gasteiger charge is 2.18. The molecule has 0 aromatic carbocycles. The fourth-order valence-corrected chi connectivity index (χ4v) is 2.14. The van der Waals surface area contributed by atoms with Crippen LogP contribution in [0.3, 0.4) is 0 Å². The van der Waals surface area contributed by atoms with Crippen LogP contribution in [-0.4, -0.2) is 22.9 Å². The third-order valence-electron chi connectivity index (χ3n) is 3.38. The van der Waals surface area contributed by atoms with Crippen LogP contribution < -0.4 is 5.32 Å². The summed E-state index contributed by atoms with van der Waals surface area (Å²) in [6.07, 6.45) is 2.44. The van der Waals surface area contributed by atoms with Gasteiger partial charge in [-0.1, -0.05) is 0 Å². The van der Waals surface area contributed by atoms with E-state index in [4.69, 9.17) is 0 Å². The predicted molar refractivity (Wildman–Crippen MR) is 57.4 cm³/mol. The van der Waals surface area contributed by atoms with E-state index >= 15 is 0 Å². The molecule has 1 aliphatic heterocycles. The Morgan fingerprint density at radius 1 is 1.50 bits per heavy atom. The van der Waals surface area contributed by atoms with Crippen LogP contribution in [0, 0.1) is 19.8 Å². The van der Waals surface area contributed by atoms with Crippen LogP contribution >= 0.6 is 0 Å². The zero-order valence-electron chi connectivity index (χ0n) is 9.30. The summed E-state index contributed by atoms with van der Waals surface area (Å²) >= 11 is 0. The Balaban J connectivity index is 2.12. The second kappa shape index (κ2) is 3.73. The molecule has 1 aromatic rings. The van der Waals surface area contributed by atoms with Crippen molar-refractivity contribution in [1.29, 1.82) is 0 Å². The number of hydrogen-bond acceptors (Lipinski definition) is 2. The minimum atomic E-state index is 0.794. The van der Waals surface area contributed by atoms with Gasteiger partial charge in [-0.05, 0) is 51.3 Å². The van der Waals surface area contributed by atoms with Crippen molar-refractivity contribution in [3.63, 3.8) is 0 Å². The summed E-state index contributed by atoms with van der Waals surface area (Å²) in [5.41, 5.74) is 3.96. The molecular weight excluding hydrogens is 174 g/mol. The molecule has 0 amide bonds. The lowest BCUT2D eigenvalue weighted by molar-refractivity contribution is 0.563. The first kappa shape index (κ1) is 9.71. The van der Waals surface area contributed by atoms with Gasteiger partial charge in [-0.3, -0.25) is 4.68 Å². The molecule has 1 N–H and O–H groups in total. The van der Waals surface area contributed by atoms with Crippen LogP contribution in [0.2, 0.25) is 0 Å². The van der Waals surface area contributed by atoms with Crippen molar-refractivity contribution in [2.75, 3.05) is 13.1 Å². The first-order valence-corrected chi connectivity index (χ1v) is 5.38. The fourth-order valence-electron chi connectivity index (χ4n) is 2.14. The lowest BCUT2D eigenvalue weighted by atomic mass is 10.0. The Hall–Kier alpha value is -0.830. The highest BCUT2D eigenvalue weighted by Crippen LogP contribution is 2.18. The Kier molecular flexibility index (Phi) is 2.59. The molecule has 1 aromatic heterocycles. The monoisotopic (exact) mass is 193 g/mol. The lowest BCUT2D eigenvalue weighted by Gasteiger charge is -2.05. The third kappa shape index (κ3) is 1.69. The van der Waals surface area contributed by atoms with Crippen LogP contribution in [0.1, 0.15) is 23.4 Å². The lowest BCUT2D eigenvalue weighted by Crippen LogP contribution is -2.11. The largest absolute Gasteiger partial charge is 0.316 e. The first-order valence-electron chi connectivity index (χ1n) is 5.38. The van der Waals surface area contributed by atoms with E-state index in [1.807, 2.05) is 11.7 Å². The van der Waals surface area contributed by atoms with Gasteiger partial charge in [0.2, 0.25) is 0 Å². The van der Waals surface area contributed by atoms with Crippen molar-refractivity contribution in [1.82, 2.24) is 15.1 Å². The molecule has 1 fully saturated rings. The van der Waals surface area contributed by atoms with Gasteiger partial charge in [0.15, 0.2) is 0 Å². The molecule has 3 nitrogen and oxygen atoms in total. The molecule has 14 heavy (non-hydrogen) atoms. The summed E-state index contributed by atoms with van der Waals surface area (Å²) in [7, 11) is 2.03. The molecule has 0 radical (unpaired) electrons. The normalized spacial score (nSPS) is 21.8. The topological polar surface area (TPSA) is 29.9 Å². The van der Waals surface area contributed by atoms with Crippen molar-refractivity contribution in [3.8, 4) is 0 Å². The van der Waals surface area contributed by atoms with Crippen molar-refractivity contribution in [2.24, 2.45) is 13.0 Å². The van der Waals surface area contributed by atoms with Crippen LogP contribution in [0.25, 0.3) is 0 Å². The molecule has 2 rings (SSSR count). The maximum absolute atomic E-state index is 4.56. The second-order valence-corrected chi connectivity index (χ2v) is 4.34. The maximum Gasteiger partial charge on any atom is 0.0659 e. The van der Waals surface area contributed by atoms with Gasteiger partial charge in [0, 0.05) is 12.7 Å². The maximum atomic E-state index is 4.56. The van der Waals surface area contributed by atoms with Crippen LogP contribution in [0.4, 0.5) is 0 Å². The van der Waals surface area contributed by atoms with E-state index in [0.717, 1.165) is 18.9 Å². The fraction of sp³-hybridized carbons (Fsp3) is 0.727. The molecule has 1 atom stereocenters. The Bertz CT molecular complexity index is 322. The van der Waals surface area contributed by atoms with Crippen LogP contribution in [0.5, 0.6) is 0 Å². The summed E-state index contributed by atoms with van der Waals surface area (Å²) in [4.78, 5) is 0. The first-order chi connectivity index (χ1) is 6.68. The molecule has 3 heteroatoms. The van der Waals surface area contributed by atoms with Crippen molar-refractivity contribution >= 4 is 0 Å². The van der Waals surface area contributed by atoms with Gasteiger partial charge in [0.05, 0.1) is 5.69 Å². The number of aromatic nitrogens is 2. The van der Waals surface area contributed by atoms with Gasteiger partial charge in [-0.25, -0.2) is 0 Å². The van der Waals surface area contributed by atoms with E-state index in [1.165, 1.54) is 29.9 Å². The second-order valence-electron chi connectivity index (χ2n) is 4.34. The highest BCUT2D eigenvalue weighted by atomic mass is 15.3. The SMILES string of the molecule is Cc1c(CC2CCNC2)nn(C)c1C. The highest BCUT2D eigenvalue weighted by molar-refractivity contribution is 5.23. The molecule has 78 valence electrons. The molecule has 1 saturated heterocycles. The third-order valence-corrected chi connectivity index (χ3v) is 3.38. The zero-order chi connectivity index (χ0) is 10.1. The van der Waals surface area contributed by atoms with Gasteiger partial charge >= 0.3 is 0 Å². The van der Waals surface area contributed by atoms with E-state index in [9.17, 15) is 0 Å². The summed E-state index contributed by atoms with van der Waals surface area (Å²) in [6, 6.07) is 0. The van der Waals surface area contributed by atoms with E-state index in [2.05, 4.69) is 24.3 Å². The summed E-state index contributed by atoms with van der Waals surface area (Å²) < 4.78 is 1.99. The van der Waals surface area contributed by atoms with E-state index in [1.54, 1.807) is 0 Å². The standard InChI is InChI=1S/C11H19N3/c1-8-9(2)14(3)13-11(8)6-10-4-5-12-7-10/h10,12H,4-7H2,1-3H3.